The van der Waals surface area contributed by atoms with E-state index in [2.05, 4.69) is 47.9 Å². The van der Waals surface area contributed by atoms with Gasteiger partial charge in [-0.25, -0.2) is 0 Å². The molecule has 0 aliphatic heterocycles. The van der Waals surface area contributed by atoms with E-state index in [1.165, 1.54) is 5.39 Å². The van der Waals surface area contributed by atoms with E-state index in [1.54, 1.807) is 0 Å². The van der Waals surface area contributed by atoms with Crippen LogP contribution in [0.25, 0.3) is 10.9 Å². The van der Waals surface area contributed by atoms with Crippen LogP contribution < -0.4 is 0 Å². The molecule has 0 spiro atoms. The maximum atomic E-state index is 9.28. The summed E-state index contributed by atoms with van der Waals surface area (Å²) in [7, 11) is 0. The highest BCUT2D eigenvalue weighted by Crippen LogP contribution is 2.19. The fourth-order valence-corrected chi connectivity index (χ4v) is 2.53. The summed E-state index contributed by atoms with van der Waals surface area (Å²) in [6.45, 7) is 5.17. The van der Waals surface area contributed by atoms with Gasteiger partial charge in [0.25, 0.3) is 0 Å². The summed E-state index contributed by atoms with van der Waals surface area (Å²) in [5.74, 6) is 0. The number of aliphatic hydroxyl groups is 1. The van der Waals surface area contributed by atoms with Gasteiger partial charge in [0.2, 0.25) is 0 Å². The molecule has 21 heavy (non-hydrogen) atoms. The smallest absolute Gasteiger partial charge is 0.0821 e. The lowest BCUT2D eigenvalue weighted by Gasteiger charge is -2.08. The van der Waals surface area contributed by atoms with Crippen LogP contribution in [0.1, 0.15) is 37.6 Å². The predicted octanol–water partition coefficient (Wildman–Crippen LogP) is 3.35. The van der Waals surface area contributed by atoms with Crippen LogP contribution in [0.4, 0.5) is 0 Å². The third-order valence-electron chi connectivity index (χ3n) is 4.06. The molecule has 4 heteroatoms. The average Bonchev–Trinajstić information content (AvgIpc) is 3.14. The number of aliphatic hydroxyl groups excluding tert-OH is 1. The topological polar surface area (TPSA) is 43.0 Å². The van der Waals surface area contributed by atoms with Crippen molar-refractivity contribution in [3.8, 4) is 0 Å². The zero-order chi connectivity index (χ0) is 14.8. The molecule has 0 saturated heterocycles. The van der Waals surface area contributed by atoms with Crippen LogP contribution in [0.2, 0.25) is 0 Å². The standard InChI is InChI=1S/C17H21N3O/c1-3-13(2)20-9-7-16(18-20)11-19-8-6-15-5-4-14(12-21)10-17(15)19/h4-10,13,21H,3,11-12H2,1-2H3. The van der Waals surface area contributed by atoms with Gasteiger partial charge in [0.05, 0.1) is 18.8 Å². The lowest BCUT2D eigenvalue weighted by molar-refractivity contribution is 0.282. The number of fused-ring (bicyclic) bond motifs is 1. The molecule has 0 saturated carbocycles. The van der Waals surface area contributed by atoms with E-state index in [1.807, 2.05) is 23.0 Å². The molecule has 1 aromatic carbocycles. The minimum atomic E-state index is 0.0732. The van der Waals surface area contributed by atoms with Gasteiger partial charge in [0.15, 0.2) is 0 Å². The van der Waals surface area contributed by atoms with E-state index in [0.29, 0.717) is 6.04 Å². The van der Waals surface area contributed by atoms with Crippen molar-refractivity contribution in [3.05, 3.63) is 54.0 Å². The molecule has 110 valence electrons. The fraction of sp³-hybridized carbons (Fsp3) is 0.353. The van der Waals surface area contributed by atoms with Gasteiger partial charge >= 0.3 is 0 Å². The molecule has 1 atom stereocenters. The third kappa shape index (κ3) is 2.72. The number of rotatable bonds is 5. The Kier molecular flexibility index (Phi) is 3.80. The van der Waals surface area contributed by atoms with Crippen molar-refractivity contribution < 1.29 is 5.11 Å². The summed E-state index contributed by atoms with van der Waals surface area (Å²) in [6, 6.07) is 10.7. The Hall–Kier alpha value is -2.07. The second kappa shape index (κ2) is 5.74. The summed E-state index contributed by atoms with van der Waals surface area (Å²) >= 11 is 0. The van der Waals surface area contributed by atoms with Gasteiger partial charge in [-0.15, -0.1) is 0 Å². The first-order valence-corrected chi connectivity index (χ1v) is 7.44. The normalized spacial score (nSPS) is 12.9. The molecule has 0 aliphatic carbocycles. The number of aromatic nitrogens is 3. The van der Waals surface area contributed by atoms with Crippen molar-refractivity contribution in [2.24, 2.45) is 0 Å². The Morgan fingerprint density at radius 2 is 2.05 bits per heavy atom. The number of hydrogen-bond donors (Lipinski definition) is 1. The first-order valence-electron chi connectivity index (χ1n) is 7.44. The van der Waals surface area contributed by atoms with Crippen molar-refractivity contribution in [1.82, 2.24) is 14.3 Å². The molecule has 0 radical (unpaired) electrons. The monoisotopic (exact) mass is 283 g/mol. The van der Waals surface area contributed by atoms with E-state index in [4.69, 9.17) is 0 Å². The Balaban J connectivity index is 1.89. The van der Waals surface area contributed by atoms with Crippen LogP contribution >= 0.6 is 0 Å². The molecule has 1 unspecified atom stereocenters. The van der Waals surface area contributed by atoms with E-state index in [9.17, 15) is 5.11 Å². The van der Waals surface area contributed by atoms with Crippen molar-refractivity contribution >= 4 is 10.9 Å². The molecule has 1 N–H and O–H groups in total. The third-order valence-corrected chi connectivity index (χ3v) is 4.06. The highest BCUT2D eigenvalue weighted by Gasteiger charge is 2.07. The molecular formula is C17H21N3O. The Labute approximate surface area is 124 Å². The van der Waals surface area contributed by atoms with Gasteiger partial charge in [-0.05, 0) is 42.5 Å². The minimum absolute atomic E-state index is 0.0732. The van der Waals surface area contributed by atoms with Crippen LogP contribution in [0.5, 0.6) is 0 Å². The number of hydrogen-bond acceptors (Lipinski definition) is 2. The number of nitrogens with zero attached hydrogens (tertiary/aromatic N) is 3. The second-order valence-corrected chi connectivity index (χ2v) is 5.54. The van der Waals surface area contributed by atoms with Gasteiger partial charge in [-0.1, -0.05) is 19.1 Å². The second-order valence-electron chi connectivity index (χ2n) is 5.54. The van der Waals surface area contributed by atoms with Crippen LogP contribution in [0.3, 0.4) is 0 Å². The minimum Gasteiger partial charge on any atom is -0.392 e. The molecule has 2 aromatic heterocycles. The summed E-state index contributed by atoms with van der Waals surface area (Å²) in [6.07, 6.45) is 5.20. The van der Waals surface area contributed by atoms with E-state index in [-0.39, 0.29) is 6.61 Å². The summed E-state index contributed by atoms with van der Waals surface area (Å²) in [4.78, 5) is 0. The summed E-state index contributed by atoms with van der Waals surface area (Å²) in [5, 5.41) is 15.1. The van der Waals surface area contributed by atoms with E-state index in [0.717, 1.165) is 29.7 Å². The van der Waals surface area contributed by atoms with Crippen molar-refractivity contribution in [2.75, 3.05) is 0 Å². The lowest BCUT2D eigenvalue weighted by atomic mass is 10.2. The van der Waals surface area contributed by atoms with Gasteiger partial charge in [0.1, 0.15) is 0 Å². The van der Waals surface area contributed by atoms with Crippen LogP contribution in [-0.4, -0.2) is 19.5 Å². The molecule has 0 aliphatic rings. The van der Waals surface area contributed by atoms with E-state index < -0.39 is 0 Å². The maximum absolute atomic E-state index is 9.28. The lowest BCUT2D eigenvalue weighted by Crippen LogP contribution is -2.06. The van der Waals surface area contributed by atoms with Crippen LogP contribution in [0.15, 0.2) is 42.7 Å². The Morgan fingerprint density at radius 3 is 2.81 bits per heavy atom. The zero-order valence-corrected chi connectivity index (χ0v) is 12.5. The predicted molar refractivity (Wildman–Crippen MR) is 84.2 cm³/mol. The quantitative estimate of drug-likeness (QED) is 0.780. The van der Waals surface area contributed by atoms with Gasteiger partial charge < -0.3 is 9.67 Å². The highest BCUT2D eigenvalue weighted by molar-refractivity contribution is 5.80. The number of benzene rings is 1. The molecule has 0 bridgehead atoms. The van der Waals surface area contributed by atoms with Gasteiger partial charge in [0, 0.05) is 24.0 Å². The first-order chi connectivity index (χ1) is 10.2. The van der Waals surface area contributed by atoms with Crippen molar-refractivity contribution in [2.45, 2.75) is 39.5 Å². The van der Waals surface area contributed by atoms with Crippen LogP contribution in [0, 0.1) is 0 Å². The molecule has 0 amide bonds. The van der Waals surface area contributed by atoms with E-state index >= 15 is 0 Å². The molecule has 2 heterocycles. The van der Waals surface area contributed by atoms with Crippen LogP contribution in [-0.2, 0) is 13.2 Å². The SMILES string of the molecule is CCC(C)n1ccc(Cn2ccc3ccc(CO)cc32)n1. The molecule has 4 nitrogen and oxygen atoms in total. The molecule has 3 aromatic rings. The molecule has 0 fully saturated rings. The maximum Gasteiger partial charge on any atom is 0.0821 e. The summed E-state index contributed by atoms with van der Waals surface area (Å²) < 4.78 is 4.21. The van der Waals surface area contributed by atoms with Crippen molar-refractivity contribution in [3.63, 3.8) is 0 Å². The molecule has 3 rings (SSSR count). The molecular weight excluding hydrogens is 262 g/mol. The largest absolute Gasteiger partial charge is 0.392 e. The summed E-state index contributed by atoms with van der Waals surface area (Å²) in [5.41, 5.74) is 3.13. The van der Waals surface area contributed by atoms with Gasteiger partial charge in [-0.3, -0.25) is 4.68 Å². The fourth-order valence-electron chi connectivity index (χ4n) is 2.53. The van der Waals surface area contributed by atoms with Gasteiger partial charge in [-0.2, -0.15) is 5.10 Å². The highest BCUT2D eigenvalue weighted by atomic mass is 16.3. The Morgan fingerprint density at radius 1 is 1.19 bits per heavy atom. The average molecular weight is 283 g/mol. The zero-order valence-electron chi connectivity index (χ0n) is 12.5. The first kappa shape index (κ1) is 13.9. The van der Waals surface area contributed by atoms with Crippen molar-refractivity contribution in [1.29, 1.82) is 0 Å². The Bertz CT molecular complexity index is 741.